The normalized spacial score (nSPS) is 12.1. The fourth-order valence-electron chi connectivity index (χ4n) is 6.50. The second kappa shape index (κ2) is 7.62. The second-order valence-electron chi connectivity index (χ2n) is 10.2. The molecule has 0 atom stereocenters. The van der Waals surface area contributed by atoms with Crippen LogP contribution in [0.2, 0.25) is 0 Å². The van der Waals surface area contributed by atoms with Crippen molar-refractivity contribution in [2.45, 2.75) is 0 Å². The van der Waals surface area contributed by atoms with Gasteiger partial charge in [0, 0.05) is 38.0 Å². The lowest BCUT2D eigenvalue weighted by Crippen LogP contribution is -1.98. The fourth-order valence-corrected chi connectivity index (χ4v) is 6.50. The molecule has 3 heterocycles. The van der Waals surface area contributed by atoms with Gasteiger partial charge < -0.3 is 13.6 Å². The van der Waals surface area contributed by atoms with E-state index in [1.807, 2.05) is 6.07 Å². The number of hydrogen-bond donors (Lipinski definition) is 0. The Balaban J connectivity index is 1.56. The van der Waals surface area contributed by atoms with Crippen LogP contribution < -0.4 is 0 Å². The van der Waals surface area contributed by atoms with Crippen LogP contribution in [0, 0.1) is 0 Å². The molecular formula is C36H22N2O. The van der Waals surface area contributed by atoms with Gasteiger partial charge in [-0.1, -0.05) is 97.1 Å². The molecule has 3 heteroatoms. The lowest BCUT2D eigenvalue weighted by atomic mass is 10.1. The monoisotopic (exact) mass is 498 g/mol. The summed E-state index contributed by atoms with van der Waals surface area (Å²) in [5, 5.41) is 7.21. The number of benzene rings is 6. The van der Waals surface area contributed by atoms with E-state index in [9.17, 15) is 0 Å². The molecule has 0 unspecified atom stereocenters. The Bertz CT molecular complexity index is 2390. The highest BCUT2D eigenvalue weighted by molar-refractivity contribution is 6.24. The predicted octanol–water partition coefficient (Wildman–Crippen LogP) is 9.78. The summed E-state index contributed by atoms with van der Waals surface area (Å²) in [5.74, 6) is 0. The third-order valence-electron chi connectivity index (χ3n) is 8.11. The first kappa shape index (κ1) is 20.7. The standard InChI is InChI=1S/C36H22N2O/c1-2-11-23(12-3-1)37-30-17-7-4-13-24(30)27-21-22-28-25-14-5-8-18-31(25)38(35(28)34(27)37)32-19-10-16-29-26-15-6-9-20-33(26)39-36(29)32/h1-22H. The van der Waals surface area contributed by atoms with Crippen LogP contribution in [-0.4, -0.2) is 9.13 Å². The quantitative estimate of drug-likeness (QED) is 0.233. The van der Waals surface area contributed by atoms with Crippen molar-refractivity contribution >= 4 is 65.6 Å². The molecule has 0 saturated carbocycles. The molecule has 0 aliphatic heterocycles. The molecule has 9 aromatic rings. The van der Waals surface area contributed by atoms with Crippen molar-refractivity contribution in [1.82, 2.24) is 9.13 Å². The molecular weight excluding hydrogens is 476 g/mol. The largest absolute Gasteiger partial charge is 0.454 e. The summed E-state index contributed by atoms with van der Waals surface area (Å²) < 4.78 is 11.4. The number of para-hydroxylation sites is 5. The van der Waals surface area contributed by atoms with E-state index < -0.39 is 0 Å². The average molecular weight is 499 g/mol. The van der Waals surface area contributed by atoms with Crippen LogP contribution in [0.3, 0.4) is 0 Å². The van der Waals surface area contributed by atoms with Crippen LogP contribution in [0.4, 0.5) is 0 Å². The molecule has 0 radical (unpaired) electrons. The number of hydrogen-bond acceptors (Lipinski definition) is 1. The molecule has 0 saturated heterocycles. The van der Waals surface area contributed by atoms with Crippen molar-refractivity contribution < 1.29 is 4.42 Å². The highest BCUT2D eigenvalue weighted by Gasteiger charge is 2.22. The Morgan fingerprint density at radius 3 is 1.69 bits per heavy atom. The summed E-state index contributed by atoms with van der Waals surface area (Å²) in [6.45, 7) is 0. The summed E-state index contributed by atoms with van der Waals surface area (Å²) in [5.41, 5.74) is 8.75. The molecule has 3 nitrogen and oxygen atoms in total. The van der Waals surface area contributed by atoms with Crippen LogP contribution in [0.1, 0.15) is 0 Å². The second-order valence-corrected chi connectivity index (χ2v) is 10.2. The van der Waals surface area contributed by atoms with E-state index in [2.05, 4.69) is 137 Å². The minimum absolute atomic E-state index is 0.903. The lowest BCUT2D eigenvalue weighted by molar-refractivity contribution is 0.666. The van der Waals surface area contributed by atoms with Crippen LogP contribution in [0.5, 0.6) is 0 Å². The fraction of sp³-hybridized carbons (Fsp3) is 0. The van der Waals surface area contributed by atoms with Crippen molar-refractivity contribution in [3.8, 4) is 11.4 Å². The molecule has 6 aromatic carbocycles. The Kier molecular flexibility index (Phi) is 4.05. The van der Waals surface area contributed by atoms with Crippen LogP contribution >= 0.6 is 0 Å². The molecule has 0 amide bonds. The van der Waals surface area contributed by atoms with Gasteiger partial charge >= 0.3 is 0 Å². The zero-order chi connectivity index (χ0) is 25.5. The van der Waals surface area contributed by atoms with Crippen molar-refractivity contribution in [2.75, 3.05) is 0 Å². The summed E-state index contributed by atoms with van der Waals surface area (Å²) in [4.78, 5) is 0. The van der Waals surface area contributed by atoms with Gasteiger partial charge in [-0.3, -0.25) is 0 Å². The lowest BCUT2D eigenvalue weighted by Gasteiger charge is -2.12. The van der Waals surface area contributed by atoms with Crippen LogP contribution in [0.15, 0.2) is 138 Å². The summed E-state index contributed by atoms with van der Waals surface area (Å²) in [6, 6.07) is 47.5. The third kappa shape index (κ3) is 2.71. The van der Waals surface area contributed by atoms with Gasteiger partial charge in [0.15, 0.2) is 5.58 Å². The molecule has 0 aliphatic carbocycles. The highest BCUT2D eigenvalue weighted by atomic mass is 16.3. The maximum absolute atomic E-state index is 6.56. The van der Waals surface area contributed by atoms with Gasteiger partial charge in [-0.15, -0.1) is 0 Å². The Morgan fingerprint density at radius 1 is 0.385 bits per heavy atom. The third-order valence-corrected chi connectivity index (χ3v) is 8.11. The van der Waals surface area contributed by atoms with E-state index in [4.69, 9.17) is 4.42 Å². The van der Waals surface area contributed by atoms with Gasteiger partial charge in [0.2, 0.25) is 0 Å². The first-order valence-corrected chi connectivity index (χ1v) is 13.3. The Hall–Kier alpha value is -5.28. The van der Waals surface area contributed by atoms with E-state index in [0.29, 0.717) is 0 Å². The molecule has 39 heavy (non-hydrogen) atoms. The molecule has 0 spiro atoms. The van der Waals surface area contributed by atoms with E-state index in [1.165, 1.54) is 38.1 Å². The Labute approximate surface area is 223 Å². The van der Waals surface area contributed by atoms with Crippen molar-refractivity contribution in [3.63, 3.8) is 0 Å². The molecule has 0 N–H and O–H groups in total. The van der Waals surface area contributed by atoms with Gasteiger partial charge in [-0.25, -0.2) is 0 Å². The zero-order valence-electron chi connectivity index (χ0n) is 21.0. The minimum atomic E-state index is 0.903. The minimum Gasteiger partial charge on any atom is -0.454 e. The molecule has 3 aromatic heterocycles. The number of nitrogens with zero attached hydrogens (tertiary/aromatic N) is 2. The summed E-state index contributed by atoms with van der Waals surface area (Å²) in [6.07, 6.45) is 0. The maximum Gasteiger partial charge on any atom is 0.159 e. The average Bonchev–Trinajstić information content (AvgIpc) is 3.65. The van der Waals surface area contributed by atoms with E-state index in [-0.39, 0.29) is 0 Å². The van der Waals surface area contributed by atoms with Gasteiger partial charge in [-0.05, 0) is 36.4 Å². The predicted molar refractivity (Wildman–Crippen MR) is 162 cm³/mol. The van der Waals surface area contributed by atoms with Gasteiger partial charge in [0.25, 0.3) is 0 Å². The highest BCUT2D eigenvalue weighted by Crippen LogP contribution is 2.43. The van der Waals surface area contributed by atoms with Crippen molar-refractivity contribution in [1.29, 1.82) is 0 Å². The smallest absolute Gasteiger partial charge is 0.159 e. The number of rotatable bonds is 2. The molecule has 182 valence electrons. The summed E-state index contributed by atoms with van der Waals surface area (Å²) in [7, 11) is 0. The van der Waals surface area contributed by atoms with Crippen LogP contribution in [-0.2, 0) is 0 Å². The van der Waals surface area contributed by atoms with Crippen molar-refractivity contribution in [2.24, 2.45) is 0 Å². The molecule has 0 fully saturated rings. The Morgan fingerprint density at radius 2 is 0.949 bits per heavy atom. The number of aromatic nitrogens is 2. The van der Waals surface area contributed by atoms with E-state index >= 15 is 0 Å². The first-order valence-electron chi connectivity index (χ1n) is 13.3. The molecule has 0 aliphatic rings. The summed E-state index contributed by atoms with van der Waals surface area (Å²) >= 11 is 0. The van der Waals surface area contributed by atoms with Gasteiger partial charge in [-0.2, -0.15) is 0 Å². The van der Waals surface area contributed by atoms with Crippen molar-refractivity contribution in [3.05, 3.63) is 133 Å². The molecule has 0 bridgehead atoms. The van der Waals surface area contributed by atoms with Crippen LogP contribution in [0.25, 0.3) is 76.9 Å². The van der Waals surface area contributed by atoms with Gasteiger partial charge in [0.05, 0.1) is 27.8 Å². The maximum atomic E-state index is 6.56. The topological polar surface area (TPSA) is 23.0 Å². The first-order chi connectivity index (χ1) is 19.4. The molecule has 9 rings (SSSR count). The van der Waals surface area contributed by atoms with E-state index in [0.717, 1.165) is 38.8 Å². The zero-order valence-corrected chi connectivity index (χ0v) is 21.0. The number of fused-ring (bicyclic) bond motifs is 10. The SMILES string of the molecule is c1ccc(-n2c3ccccc3c3ccc4c5ccccc5n(-c5cccc6c5oc5ccccc56)c4c32)cc1. The van der Waals surface area contributed by atoms with Gasteiger partial charge in [0.1, 0.15) is 5.58 Å². The van der Waals surface area contributed by atoms with E-state index in [1.54, 1.807) is 0 Å². The number of furan rings is 1.